The van der Waals surface area contributed by atoms with Gasteiger partial charge in [0.15, 0.2) is 0 Å². The maximum absolute atomic E-state index is 12.8. The first-order valence-electron chi connectivity index (χ1n) is 6.60. The molecule has 1 heterocycles. The minimum Gasteiger partial charge on any atom is -0.398 e. The Balaban J connectivity index is 2.47. The second kappa shape index (κ2) is 5.79. The molecule has 0 amide bonds. The van der Waals surface area contributed by atoms with E-state index in [-0.39, 0.29) is 0 Å². The number of hydrogen-bond acceptors (Lipinski definition) is 4. The highest BCUT2D eigenvalue weighted by Gasteiger charge is 2.26. The van der Waals surface area contributed by atoms with E-state index in [9.17, 15) is 8.42 Å². The van der Waals surface area contributed by atoms with Crippen molar-refractivity contribution in [1.29, 1.82) is 0 Å². The molecule has 0 radical (unpaired) electrons. The van der Waals surface area contributed by atoms with Gasteiger partial charge >= 0.3 is 0 Å². The fourth-order valence-corrected chi connectivity index (χ4v) is 4.86. The molecular weight excluding hydrogens is 304 g/mol. The molecule has 0 spiro atoms. The molecule has 4 nitrogen and oxygen atoms in total. The molecule has 0 aliphatic rings. The molecule has 1 aromatic heterocycles. The van der Waals surface area contributed by atoms with Crippen LogP contribution in [0.3, 0.4) is 0 Å². The lowest BCUT2D eigenvalue weighted by atomic mass is 10.1. The van der Waals surface area contributed by atoms with Crippen molar-refractivity contribution in [2.75, 3.05) is 12.8 Å². The Kier molecular flexibility index (Phi) is 4.41. The molecule has 21 heavy (non-hydrogen) atoms. The van der Waals surface area contributed by atoms with E-state index in [0.717, 1.165) is 16.0 Å². The molecule has 1 aromatic carbocycles. The van der Waals surface area contributed by atoms with Crippen LogP contribution in [0.5, 0.6) is 0 Å². The number of nitrogen functional groups attached to an aromatic ring is 1. The zero-order valence-corrected chi connectivity index (χ0v) is 14.3. The standard InChI is InChI=1S/C15H20N2O2S2/c1-10-8-11(2)15(12(3)14(10)16)21(18,19)17(4)9-13-6-5-7-20-13/h5-8H,9,16H2,1-4H3. The second-order valence-corrected chi connectivity index (χ2v) is 8.23. The Morgan fingerprint density at radius 1 is 1.24 bits per heavy atom. The third kappa shape index (κ3) is 2.97. The average molecular weight is 324 g/mol. The first-order valence-corrected chi connectivity index (χ1v) is 8.92. The molecule has 0 unspecified atom stereocenters. The van der Waals surface area contributed by atoms with E-state index in [1.165, 1.54) is 4.31 Å². The highest BCUT2D eigenvalue weighted by molar-refractivity contribution is 7.89. The largest absolute Gasteiger partial charge is 0.398 e. The summed E-state index contributed by atoms with van der Waals surface area (Å²) in [6.07, 6.45) is 0. The van der Waals surface area contributed by atoms with Gasteiger partial charge in [-0.1, -0.05) is 12.1 Å². The molecule has 0 bridgehead atoms. The van der Waals surface area contributed by atoms with Crippen molar-refractivity contribution in [2.45, 2.75) is 32.2 Å². The van der Waals surface area contributed by atoms with Gasteiger partial charge in [0, 0.05) is 24.2 Å². The van der Waals surface area contributed by atoms with Gasteiger partial charge in [-0.05, 0) is 48.9 Å². The fraction of sp³-hybridized carbons (Fsp3) is 0.333. The quantitative estimate of drug-likeness (QED) is 0.879. The minimum atomic E-state index is -3.56. The first kappa shape index (κ1) is 16.0. The Labute approximate surface area is 130 Å². The summed E-state index contributed by atoms with van der Waals surface area (Å²) in [7, 11) is -1.95. The van der Waals surface area contributed by atoms with Crippen LogP contribution in [0.25, 0.3) is 0 Å². The predicted molar refractivity (Wildman–Crippen MR) is 88.0 cm³/mol. The lowest BCUT2D eigenvalue weighted by Gasteiger charge is -2.21. The monoisotopic (exact) mass is 324 g/mol. The maximum Gasteiger partial charge on any atom is 0.243 e. The van der Waals surface area contributed by atoms with Gasteiger partial charge in [-0.3, -0.25) is 0 Å². The number of rotatable bonds is 4. The van der Waals surface area contributed by atoms with Gasteiger partial charge in [0.1, 0.15) is 0 Å². The number of nitrogens with zero attached hydrogens (tertiary/aromatic N) is 1. The lowest BCUT2D eigenvalue weighted by Crippen LogP contribution is -2.27. The van der Waals surface area contributed by atoms with E-state index in [0.29, 0.717) is 22.7 Å². The number of hydrogen-bond donors (Lipinski definition) is 1. The van der Waals surface area contributed by atoms with Crippen LogP contribution in [-0.2, 0) is 16.6 Å². The summed E-state index contributed by atoms with van der Waals surface area (Å²) in [5.41, 5.74) is 8.82. The van der Waals surface area contributed by atoms with Crippen LogP contribution in [0.15, 0.2) is 28.5 Å². The zero-order chi connectivity index (χ0) is 15.8. The van der Waals surface area contributed by atoms with Crippen molar-refractivity contribution in [3.8, 4) is 0 Å². The highest BCUT2D eigenvalue weighted by Crippen LogP contribution is 2.30. The summed E-state index contributed by atoms with van der Waals surface area (Å²) in [4.78, 5) is 1.33. The van der Waals surface area contributed by atoms with E-state index in [4.69, 9.17) is 5.73 Å². The van der Waals surface area contributed by atoms with Crippen molar-refractivity contribution < 1.29 is 8.42 Å². The summed E-state index contributed by atoms with van der Waals surface area (Å²) in [6.45, 7) is 5.83. The Hall–Kier alpha value is -1.37. The third-order valence-corrected chi connectivity index (χ3v) is 6.54. The number of benzene rings is 1. The molecule has 0 saturated carbocycles. The van der Waals surface area contributed by atoms with E-state index >= 15 is 0 Å². The molecule has 2 aromatic rings. The van der Waals surface area contributed by atoms with E-state index in [1.807, 2.05) is 37.4 Å². The summed E-state index contributed by atoms with van der Waals surface area (Å²) >= 11 is 1.55. The van der Waals surface area contributed by atoms with Crippen molar-refractivity contribution in [3.05, 3.63) is 45.1 Å². The normalized spacial score (nSPS) is 12.0. The molecule has 6 heteroatoms. The summed E-state index contributed by atoms with van der Waals surface area (Å²) in [5.74, 6) is 0. The lowest BCUT2D eigenvalue weighted by molar-refractivity contribution is 0.469. The highest BCUT2D eigenvalue weighted by atomic mass is 32.2. The Morgan fingerprint density at radius 3 is 2.48 bits per heavy atom. The average Bonchev–Trinajstić information content (AvgIpc) is 2.88. The van der Waals surface area contributed by atoms with Crippen LogP contribution < -0.4 is 5.73 Å². The SMILES string of the molecule is Cc1cc(C)c(S(=O)(=O)N(C)Cc2cccs2)c(C)c1N. The van der Waals surface area contributed by atoms with E-state index in [1.54, 1.807) is 25.3 Å². The van der Waals surface area contributed by atoms with Crippen LogP contribution >= 0.6 is 11.3 Å². The smallest absolute Gasteiger partial charge is 0.243 e. The topological polar surface area (TPSA) is 63.4 Å². The number of sulfonamides is 1. The van der Waals surface area contributed by atoms with Gasteiger partial charge in [0.25, 0.3) is 0 Å². The molecule has 0 aliphatic carbocycles. The molecular formula is C15H20N2O2S2. The van der Waals surface area contributed by atoms with Gasteiger partial charge in [-0.25, -0.2) is 8.42 Å². The maximum atomic E-state index is 12.8. The number of aryl methyl sites for hydroxylation is 2. The van der Waals surface area contributed by atoms with Crippen molar-refractivity contribution in [2.24, 2.45) is 0 Å². The number of nitrogens with two attached hydrogens (primary N) is 1. The van der Waals surface area contributed by atoms with E-state index < -0.39 is 10.0 Å². The van der Waals surface area contributed by atoms with E-state index in [2.05, 4.69) is 0 Å². The molecule has 0 fully saturated rings. The summed E-state index contributed by atoms with van der Waals surface area (Å²) in [6, 6.07) is 5.68. The van der Waals surface area contributed by atoms with Crippen LogP contribution in [0, 0.1) is 20.8 Å². The molecule has 0 saturated heterocycles. The zero-order valence-electron chi connectivity index (χ0n) is 12.7. The van der Waals surface area contributed by atoms with Crippen molar-refractivity contribution in [1.82, 2.24) is 4.31 Å². The third-order valence-electron chi connectivity index (χ3n) is 3.59. The molecule has 2 rings (SSSR count). The van der Waals surface area contributed by atoms with Gasteiger partial charge in [0.2, 0.25) is 10.0 Å². The molecule has 0 aliphatic heterocycles. The first-order chi connectivity index (χ1) is 9.75. The van der Waals surface area contributed by atoms with Gasteiger partial charge in [-0.15, -0.1) is 11.3 Å². The van der Waals surface area contributed by atoms with Crippen LogP contribution in [0.4, 0.5) is 5.69 Å². The van der Waals surface area contributed by atoms with Gasteiger partial charge in [-0.2, -0.15) is 4.31 Å². The van der Waals surface area contributed by atoms with Gasteiger partial charge < -0.3 is 5.73 Å². The Bertz CT molecular complexity index is 750. The molecule has 2 N–H and O–H groups in total. The predicted octanol–water partition coefficient (Wildman–Crippen LogP) is 3.08. The number of thiophene rings is 1. The molecule has 0 atom stereocenters. The Morgan fingerprint density at radius 2 is 1.90 bits per heavy atom. The fourth-order valence-electron chi connectivity index (χ4n) is 2.44. The van der Waals surface area contributed by atoms with Crippen LogP contribution in [0.1, 0.15) is 21.6 Å². The van der Waals surface area contributed by atoms with Gasteiger partial charge in [0.05, 0.1) is 4.90 Å². The summed E-state index contributed by atoms with van der Waals surface area (Å²) in [5, 5.41) is 1.94. The number of anilines is 1. The second-order valence-electron chi connectivity index (χ2n) is 5.22. The summed E-state index contributed by atoms with van der Waals surface area (Å²) < 4.78 is 27.1. The van der Waals surface area contributed by atoms with Crippen molar-refractivity contribution >= 4 is 27.0 Å². The molecule has 114 valence electrons. The minimum absolute atomic E-state index is 0.324. The van der Waals surface area contributed by atoms with Crippen LogP contribution in [0.2, 0.25) is 0 Å². The van der Waals surface area contributed by atoms with Crippen molar-refractivity contribution in [3.63, 3.8) is 0 Å². The van der Waals surface area contributed by atoms with Crippen LogP contribution in [-0.4, -0.2) is 19.8 Å².